The predicted octanol–water partition coefficient (Wildman–Crippen LogP) is 4.93. The summed E-state index contributed by atoms with van der Waals surface area (Å²) in [7, 11) is -1.22. The molecule has 2 aromatic carbocycles. The van der Waals surface area contributed by atoms with Crippen molar-refractivity contribution in [1.29, 1.82) is 0 Å². The highest BCUT2D eigenvalue weighted by Gasteiger charge is 2.40. The minimum atomic E-state index is -5.08. The van der Waals surface area contributed by atoms with Crippen LogP contribution in [0.2, 0.25) is 0 Å². The monoisotopic (exact) mass is 552 g/mol. The molecule has 1 saturated carbocycles. The lowest BCUT2D eigenvalue weighted by Crippen LogP contribution is -2.39. The number of aryl methyl sites for hydroxylation is 1. The van der Waals surface area contributed by atoms with E-state index in [-0.39, 0.29) is 11.8 Å². The minimum Gasteiger partial charge on any atom is -0.489 e. The maximum absolute atomic E-state index is 12.9. The maximum atomic E-state index is 12.9. The number of nitrogens with zero attached hydrogens (tertiary/aromatic N) is 1. The number of nitrogens with one attached hydrogen (secondary N) is 1. The zero-order valence-corrected chi connectivity index (χ0v) is 21.3. The number of aliphatic carboxylic acids is 1. The number of pyridine rings is 1. The molecule has 8 nitrogen and oxygen atoms in total. The lowest BCUT2D eigenvalue weighted by Gasteiger charge is -2.40. The van der Waals surface area contributed by atoms with E-state index >= 15 is 0 Å². The number of rotatable bonds is 8. The number of para-hydroxylation sites is 1. The van der Waals surface area contributed by atoms with Crippen LogP contribution in [0.5, 0.6) is 5.75 Å². The standard InChI is InChI=1S/C24H26N2O4S.C2HF3O2/c1-17-13-18(21-5-2-3-6-22(21)25-17)15-30-19-7-9-20(10-8-19)31(29)16-24(11-4-12-24)14-23(27)26-28;3-2(4,5)1(6)7/h2-3,5-10,13,28H,4,11-12,14-16H2,1H3,(H,26,27);(H,6,7). The van der Waals surface area contributed by atoms with E-state index in [0.29, 0.717) is 23.0 Å². The van der Waals surface area contributed by atoms with Crippen LogP contribution < -0.4 is 10.2 Å². The molecule has 1 heterocycles. The zero-order chi connectivity index (χ0) is 27.9. The molecule has 1 aromatic heterocycles. The van der Waals surface area contributed by atoms with E-state index < -0.39 is 28.9 Å². The van der Waals surface area contributed by atoms with Gasteiger partial charge in [0.1, 0.15) is 12.4 Å². The smallest absolute Gasteiger partial charge is 0.489 e. The molecule has 0 spiro atoms. The largest absolute Gasteiger partial charge is 0.490 e. The summed E-state index contributed by atoms with van der Waals surface area (Å²) >= 11 is 0. The van der Waals surface area contributed by atoms with E-state index in [4.69, 9.17) is 19.8 Å². The Morgan fingerprint density at radius 2 is 1.76 bits per heavy atom. The summed E-state index contributed by atoms with van der Waals surface area (Å²) in [4.78, 5) is 25.8. The lowest BCUT2D eigenvalue weighted by molar-refractivity contribution is -0.192. The Bertz CT molecular complexity index is 1310. The summed E-state index contributed by atoms with van der Waals surface area (Å²) in [5.41, 5.74) is 4.38. The van der Waals surface area contributed by atoms with Gasteiger partial charge in [-0.1, -0.05) is 24.6 Å². The fraction of sp³-hybridized carbons (Fsp3) is 0.346. The molecule has 38 heavy (non-hydrogen) atoms. The van der Waals surface area contributed by atoms with Gasteiger partial charge in [0, 0.05) is 33.7 Å². The minimum absolute atomic E-state index is 0.204. The van der Waals surface area contributed by atoms with Crippen molar-refractivity contribution >= 4 is 33.6 Å². The first-order valence-corrected chi connectivity index (χ1v) is 12.9. The Kier molecular flexibility index (Phi) is 9.45. The van der Waals surface area contributed by atoms with Gasteiger partial charge in [0.2, 0.25) is 5.91 Å². The number of carbonyl (C=O) groups excluding carboxylic acids is 1. The molecule has 1 amide bonds. The van der Waals surface area contributed by atoms with Gasteiger partial charge in [-0.3, -0.25) is 19.2 Å². The van der Waals surface area contributed by atoms with Crippen molar-refractivity contribution < 1.29 is 42.0 Å². The number of hydroxylamine groups is 1. The number of carbonyl (C=O) groups is 2. The summed E-state index contributed by atoms with van der Waals surface area (Å²) in [6, 6.07) is 17.3. The molecule has 1 fully saturated rings. The van der Waals surface area contributed by atoms with Crippen molar-refractivity contribution in [2.75, 3.05) is 5.75 Å². The van der Waals surface area contributed by atoms with E-state index in [0.717, 1.165) is 41.4 Å². The fourth-order valence-electron chi connectivity index (χ4n) is 4.15. The van der Waals surface area contributed by atoms with E-state index in [1.165, 1.54) is 0 Å². The third-order valence-corrected chi connectivity index (χ3v) is 7.84. The Morgan fingerprint density at radius 1 is 1.13 bits per heavy atom. The van der Waals surface area contributed by atoms with Gasteiger partial charge in [-0.05, 0) is 61.6 Å². The number of carboxylic acid groups (broad SMARTS) is 1. The van der Waals surface area contributed by atoms with Gasteiger partial charge in [-0.25, -0.2) is 10.3 Å². The van der Waals surface area contributed by atoms with Crippen molar-refractivity contribution in [3.8, 4) is 5.75 Å². The van der Waals surface area contributed by atoms with Crippen LogP contribution in [0.15, 0.2) is 59.5 Å². The quantitative estimate of drug-likeness (QED) is 0.267. The molecule has 1 atom stereocenters. The van der Waals surface area contributed by atoms with Crippen LogP contribution in [0, 0.1) is 12.3 Å². The fourth-order valence-corrected chi connectivity index (χ4v) is 5.71. The van der Waals surface area contributed by atoms with E-state index in [1.54, 1.807) is 5.48 Å². The summed E-state index contributed by atoms with van der Waals surface area (Å²) in [5, 5.41) is 17.0. The highest BCUT2D eigenvalue weighted by atomic mass is 32.2. The van der Waals surface area contributed by atoms with Crippen molar-refractivity contribution in [3.05, 3.63) is 65.9 Å². The van der Waals surface area contributed by atoms with E-state index in [1.807, 2.05) is 61.5 Å². The van der Waals surface area contributed by atoms with Crippen molar-refractivity contribution in [1.82, 2.24) is 10.5 Å². The van der Waals surface area contributed by atoms with Crippen LogP contribution in [0.25, 0.3) is 10.9 Å². The molecule has 0 radical (unpaired) electrons. The van der Waals surface area contributed by atoms with Gasteiger partial charge in [0.15, 0.2) is 0 Å². The molecule has 4 rings (SSSR count). The zero-order valence-electron chi connectivity index (χ0n) is 20.5. The van der Waals surface area contributed by atoms with Crippen LogP contribution in [0.3, 0.4) is 0 Å². The number of amides is 1. The van der Waals surface area contributed by atoms with Gasteiger partial charge in [0.05, 0.1) is 16.3 Å². The second-order valence-electron chi connectivity index (χ2n) is 9.06. The molecule has 204 valence electrons. The SMILES string of the molecule is Cc1cc(COc2ccc(S(=O)CC3(CC(=O)NO)CCC3)cc2)c2ccccc2n1.O=C(O)C(F)(F)F. The second-order valence-corrected chi connectivity index (χ2v) is 10.5. The first-order valence-electron chi connectivity index (χ1n) is 11.6. The third kappa shape index (κ3) is 7.75. The molecule has 1 aliphatic carbocycles. The first-order chi connectivity index (χ1) is 17.9. The van der Waals surface area contributed by atoms with Crippen LogP contribution >= 0.6 is 0 Å². The highest BCUT2D eigenvalue weighted by Crippen LogP contribution is 2.45. The Balaban J connectivity index is 0.000000505. The maximum Gasteiger partial charge on any atom is 0.490 e. The van der Waals surface area contributed by atoms with Crippen LogP contribution in [0.4, 0.5) is 13.2 Å². The number of hydrogen-bond donors (Lipinski definition) is 3. The van der Waals surface area contributed by atoms with E-state index in [2.05, 4.69) is 4.98 Å². The Morgan fingerprint density at radius 3 is 2.32 bits per heavy atom. The molecule has 3 N–H and O–H groups in total. The molecule has 12 heteroatoms. The van der Waals surface area contributed by atoms with Gasteiger partial charge < -0.3 is 9.84 Å². The predicted molar refractivity (Wildman–Crippen MR) is 133 cm³/mol. The highest BCUT2D eigenvalue weighted by molar-refractivity contribution is 7.85. The van der Waals surface area contributed by atoms with Gasteiger partial charge in [0.25, 0.3) is 0 Å². The summed E-state index contributed by atoms with van der Waals surface area (Å²) < 4.78 is 50.6. The summed E-state index contributed by atoms with van der Waals surface area (Å²) in [5.74, 6) is -2.05. The second kappa shape index (κ2) is 12.4. The normalized spacial score (nSPS) is 15.0. The molecule has 3 aromatic rings. The molecule has 1 unspecified atom stereocenters. The number of halogens is 3. The van der Waals surface area contributed by atoms with Gasteiger partial charge in [-0.2, -0.15) is 13.2 Å². The number of hydrogen-bond acceptors (Lipinski definition) is 6. The Labute approximate surface area is 219 Å². The van der Waals surface area contributed by atoms with Crippen molar-refractivity contribution in [3.63, 3.8) is 0 Å². The van der Waals surface area contributed by atoms with E-state index in [9.17, 15) is 22.2 Å². The molecule has 0 saturated heterocycles. The van der Waals surface area contributed by atoms with Crippen LogP contribution in [-0.2, 0) is 27.0 Å². The number of benzene rings is 2. The number of aromatic nitrogens is 1. The average molecular weight is 553 g/mol. The molecular weight excluding hydrogens is 525 g/mol. The topological polar surface area (TPSA) is 126 Å². The number of fused-ring (bicyclic) bond motifs is 1. The van der Waals surface area contributed by atoms with Gasteiger partial charge in [-0.15, -0.1) is 0 Å². The average Bonchev–Trinajstić information content (AvgIpc) is 2.85. The number of ether oxygens (including phenoxy) is 1. The molecule has 1 aliphatic rings. The van der Waals surface area contributed by atoms with Crippen molar-refractivity contribution in [2.45, 2.75) is 50.3 Å². The number of carboxylic acids is 1. The van der Waals surface area contributed by atoms with Crippen LogP contribution in [-0.4, -0.2) is 43.3 Å². The van der Waals surface area contributed by atoms with Gasteiger partial charge >= 0.3 is 12.1 Å². The van der Waals surface area contributed by atoms with Crippen LogP contribution in [0.1, 0.15) is 36.9 Å². The summed E-state index contributed by atoms with van der Waals surface area (Å²) in [6.07, 6.45) is -2.15. The third-order valence-electron chi connectivity index (χ3n) is 6.17. The molecule has 0 bridgehead atoms. The number of alkyl halides is 3. The van der Waals surface area contributed by atoms with Crippen molar-refractivity contribution in [2.24, 2.45) is 5.41 Å². The lowest BCUT2D eigenvalue weighted by atomic mass is 9.68. The first kappa shape index (κ1) is 29.1. The molecule has 0 aliphatic heterocycles. The Hall–Kier alpha value is -3.51. The molecular formula is C26H27F3N2O6S. The summed E-state index contributed by atoms with van der Waals surface area (Å²) in [6.45, 7) is 2.39.